The highest BCUT2D eigenvalue weighted by molar-refractivity contribution is 7.13. The number of hydrogen-bond donors (Lipinski definition) is 1. The van der Waals surface area contributed by atoms with Gasteiger partial charge in [0, 0.05) is 31.7 Å². The summed E-state index contributed by atoms with van der Waals surface area (Å²) in [4.78, 5) is 21.2. The smallest absolute Gasteiger partial charge is 0.255 e. The average molecular weight is 369 g/mol. The first-order chi connectivity index (χ1) is 12.6. The van der Waals surface area contributed by atoms with Crippen molar-refractivity contribution in [2.24, 2.45) is 0 Å². The largest absolute Gasteiger partial charge is 0.333 e. The molecule has 0 radical (unpaired) electrons. The Morgan fingerprint density at radius 3 is 2.96 bits per heavy atom. The number of pyridine rings is 1. The summed E-state index contributed by atoms with van der Waals surface area (Å²) in [6.07, 6.45) is 1.78. The molecule has 1 unspecified atom stereocenters. The highest BCUT2D eigenvalue weighted by Gasteiger charge is 2.27. The van der Waals surface area contributed by atoms with Gasteiger partial charge in [0.15, 0.2) is 5.65 Å². The van der Waals surface area contributed by atoms with Gasteiger partial charge in [-0.15, -0.1) is 11.3 Å². The normalized spacial score (nSPS) is 18.0. The van der Waals surface area contributed by atoms with Crippen LogP contribution in [0.15, 0.2) is 29.8 Å². The van der Waals surface area contributed by atoms with Crippen LogP contribution in [0.1, 0.15) is 37.2 Å². The van der Waals surface area contributed by atoms with Crippen LogP contribution in [0.2, 0.25) is 0 Å². The van der Waals surface area contributed by atoms with E-state index in [-0.39, 0.29) is 18.0 Å². The summed E-state index contributed by atoms with van der Waals surface area (Å²) < 4.78 is 1.89. The quantitative estimate of drug-likeness (QED) is 0.770. The number of nitrogens with zero attached hydrogens (tertiary/aromatic N) is 4. The monoisotopic (exact) mass is 369 g/mol. The van der Waals surface area contributed by atoms with Crippen molar-refractivity contribution >= 4 is 28.3 Å². The van der Waals surface area contributed by atoms with E-state index in [1.807, 2.05) is 33.2 Å². The van der Waals surface area contributed by atoms with Gasteiger partial charge in [-0.2, -0.15) is 5.10 Å². The van der Waals surface area contributed by atoms with Crippen LogP contribution in [0.25, 0.3) is 21.6 Å². The summed E-state index contributed by atoms with van der Waals surface area (Å²) in [5.74, 6) is 0.0625. The number of carbonyl (C=O) groups excluding carboxylic acids is 1. The molecule has 0 bridgehead atoms. The first-order valence-corrected chi connectivity index (χ1v) is 9.88. The summed E-state index contributed by atoms with van der Waals surface area (Å²) >= 11 is 1.63. The van der Waals surface area contributed by atoms with Gasteiger partial charge in [-0.3, -0.25) is 4.79 Å². The lowest BCUT2D eigenvalue weighted by Gasteiger charge is -2.34. The second kappa shape index (κ2) is 6.81. The van der Waals surface area contributed by atoms with E-state index < -0.39 is 0 Å². The third-order valence-corrected chi connectivity index (χ3v) is 5.71. The molecule has 1 atom stereocenters. The fourth-order valence-electron chi connectivity index (χ4n) is 3.42. The molecule has 0 aromatic carbocycles. The number of carbonyl (C=O) groups is 1. The van der Waals surface area contributed by atoms with E-state index >= 15 is 0 Å². The molecule has 136 valence electrons. The molecule has 4 heterocycles. The van der Waals surface area contributed by atoms with Gasteiger partial charge in [-0.25, -0.2) is 9.67 Å². The van der Waals surface area contributed by atoms with Crippen molar-refractivity contribution in [2.45, 2.75) is 32.9 Å². The van der Waals surface area contributed by atoms with Crippen molar-refractivity contribution < 1.29 is 4.79 Å². The van der Waals surface area contributed by atoms with Crippen LogP contribution < -0.4 is 5.32 Å². The van der Waals surface area contributed by atoms with Crippen LogP contribution in [-0.4, -0.2) is 51.2 Å². The standard InChI is InChI=1S/C19H23N5OS/c1-12(2)24-18-15(11-21-24)14(9-16(22-18)17-5-4-8-26-17)19(25)23-7-6-20-10-13(23)3/h4-5,8-9,11-13,20H,6-7,10H2,1-3H3. The maximum Gasteiger partial charge on any atom is 0.255 e. The molecular formula is C19H23N5OS. The Hall–Kier alpha value is -2.25. The Kier molecular flexibility index (Phi) is 4.50. The van der Waals surface area contributed by atoms with E-state index in [2.05, 4.69) is 31.2 Å². The Labute approximate surface area is 156 Å². The molecule has 0 spiro atoms. The number of hydrogen-bond acceptors (Lipinski definition) is 5. The minimum absolute atomic E-state index is 0.0625. The van der Waals surface area contributed by atoms with E-state index in [4.69, 9.17) is 4.98 Å². The fourth-order valence-corrected chi connectivity index (χ4v) is 4.11. The summed E-state index contributed by atoms with van der Waals surface area (Å²) in [6, 6.07) is 6.32. The maximum atomic E-state index is 13.4. The summed E-state index contributed by atoms with van der Waals surface area (Å²) in [5, 5.41) is 10.7. The molecule has 1 saturated heterocycles. The highest BCUT2D eigenvalue weighted by atomic mass is 32.1. The number of rotatable bonds is 3. The van der Waals surface area contributed by atoms with Crippen molar-refractivity contribution in [2.75, 3.05) is 19.6 Å². The Balaban J connectivity index is 1.88. The van der Waals surface area contributed by atoms with Crippen molar-refractivity contribution in [1.82, 2.24) is 25.0 Å². The summed E-state index contributed by atoms with van der Waals surface area (Å²) in [6.45, 7) is 8.60. The number of nitrogens with one attached hydrogen (secondary N) is 1. The van der Waals surface area contributed by atoms with Crippen LogP contribution in [0.3, 0.4) is 0 Å². The van der Waals surface area contributed by atoms with Crippen molar-refractivity contribution in [3.8, 4) is 10.6 Å². The van der Waals surface area contributed by atoms with Gasteiger partial charge < -0.3 is 10.2 Å². The SMILES string of the molecule is CC1CNCCN1C(=O)c1cc(-c2cccs2)nc2c1cnn2C(C)C. The zero-order chi connectivity index (χ0) is 18.3. The molecule has 1 fully saturated rings. The fraction of sp³-hybridized carbons (Fsp3) is 0.421. The minimum Gasteiger partial charge on any atom is -0.333 e. The van der Waals surface area contributed by atoms with Gasteiger partial charge in [0.1, 0.15) is 0 Å². The lowest BCUT2D eigenvalue weighted by Crippen LogP contribution is -2.52. The van der Waals surface area contributed by atoms with E-state index in [1.54, 1.807) is 17.5 Å². The number of aromatic nitrogens is 3. The molecule has 1 aliphatic rings. The Morgan fingerprint density at radius 1 is 1.42 bits per heavy atom. The molecule has 6 nitrogen and oxygen atoms in total. The predicted molar refractivity (Wildman–Crippen MR) is 105 cm³/mol. The minimum atomic E-state index is 0.0625. The molecule has 7 heteroatoms. The third-order valence-electron chi connectivity index (χ3n) is 4.82. The van der Waals surface area contributed by atoms with E-state index in [0.29, 0.717) is 5.56 Å². The topological polar surface area (TPSA) is 63.1 Å². The molecule has 1 N–H and O–H groups in total. The molecule has 26 heavy (non-hydrogen) atoms. The van der Waals surface area contributed by atoms with Gasteiger partial charge in [-0.05, 0) is 38.3 Å². The van der Waals surface area contributed by atoms with Crippen LogP contribution in [0.4, 0.5) is 0 Å². The number of thiophene rings is 1. The molecular weight excluding hydrogens is 346 g/mol. The molecule has 1 amide bonds. The van der Waals surface area contributed by atoms with Gasteiger partial charge in [0.25, 0.3) is 5.91 Å². The molecule has 0 aliphatic carbocycles. The lowest BCUT2D eigenvalue weighted by atomic mass is 10.1. The van der Waals surface area contributed by atoms with Crippen LogP contribution in [0.5, 0.6) is 0 Å². The highest BCUT2D eigenvalue weighted by Crippen LogP contribution is 2.30. The van der Waals surface area contributed by atoms with Crippen molar-refractivity contribution in [3.05, 3.63) is 35.3 Å². The number of piperazine rings is 1. The average Bonchev–Trinajstić information content (AvgIpc) is 3.30. The van der Waals surface area contributed by atoms with E-state index in [1.165, 1.54) is 0 Å². The van der Waals surface area contributed by atoms with Gasteiger partial charge in [0.05, 0.1) is 27.7 Å². The van der Waals surface area contributed by atoms with Gasteiger partial charge in [-0.1, -0.05) is 6.07 Å². The molecule has 1 aliphatic heterocycles. The first kappa shape index (κ1) is 17.2. The summed E-state index contributed by atoms with van der Waals surface area (Å²) in [5.41, 5.74) is 2.30. The predicted octanol–water partition coefficient (Wildman–Crippen LogP) is 3.17. The Bertz CT molecular complexity index is 931. The van der Waals surface area contributed by atoms with E-state index in [9.17, 15) is 4.79 Å². The van der Waals surface area contributed by atoms with Gasteiger partial charge in [0.2, 0.25) is 0 Å². The Morgan fingerprint density at radius 2 is 2.27 bits per heavy atom. The van der Waals surface area contributed by atoms with Crippen molar-refractivity contribution in [1.29, 1.82) is 0 Å². The lowest BCUT2D eigenvalue weighted by molar-refractivity contribution is 0.0658. The van der Waals surface area contributed by atoms with Crippen LogP contribution in [-0.2, 0) is 0 Å². The van der Waals surface area contributed by atoms with Crippen LogP contribution in [0, 0.1) is 0 Å². The van der Waals surface area contributed by atoms with Crippen LogP contribution >= 0.6 is 11.3 Å². The zero-order valence-corrected chi connectivity index (χ0v) is 16.1. The van der Waals surface area contributed by atoms with E-state index in [0.717, 1.165) is 41.2 Å². The summed E-state index contributed by atoms with van der Waals surface area (Å²) in [7, 11) is 0. The first-order valence-electron chi connectivity index (χ1n) is 9.00. The molecule has 3 aromatic rings. The van der Waals surface area contributed by atoms with Gasteiger partial charge >= 0.3 is 0 Å². The number of amides is 1. The molecule has 4 rings (SSSR count). The zero-order valence-electron chi connectivity index (χ0n) is 15.3. The second-order valence-electron chi connectivity index (χ2n) is 7.00. The third kappa shape index (κ3) is 2.91. The van der Waals surface area contributed by atoms with Crippen molar-refractivity contribution in [3.63, 3.8) is 0 Å². The maximum absolute atomic E-state index is 13.4. The molecule has 0 saturated carbocycles. The second-order valence-corrected chi connectivity index (χ2v) is 7.95. The number of fused-ring (bicyclic) bond motifs is 1. The molecule has 3 aromatic heterocycles.